The van der Waals surface area contributed by atoms with Crippen LogP contribution in [0.15, 0.2) is 118 Å². The van der Waals surface area contributed by atoms with Gasteiger partial charge in [-0.3, -0.25) is 9.59 Å². The molecule has 6 nitrogen and oxygen atoms in total. The van der Waals surface area contributed by atoms with Gasteiger partial charge in [0.15, 0.2) is 6.29 Å². The Balaban J connectivity index is 0.000000132. The van der Waals surface area contributed by atoms with Gasteiger partial charge in [-0.15, -0.1) is 0 Å². The molecule has 0 aliphatic carbocycles. The number of aldehydes is 2. The van der Waals surface area contributed by atoms with Gasteiger partial charge in [0, 0.05) is 25.6 Å². The normalized spacial score (nSPS) is 12.6. The highest BCUT2D eigenvalue weighted by Gasteiger charge is 2.18. The Morgan fingerprint density at radius 1 is 0.614 bits per heavy atom. The van der Waals surface area contributed by atoms with Gasteiger partial charge in [-0.2, -0.15) is 0 Å². The highest BCUT2D eigenvalue weighted by atomic mass is 79.9. The second-order valence-corrected chi connectivity index (χ2v) is 11.6. The van der Waals surface area contributed by atoms with Crippen LogP contribution < -0.4 is 4.65 Å². The minimum Gasteiger partial charge on any atom is -0.537 e. The van der Waals surface area contributed by atoms with E-state index in [1.54, 1.807) is 24.3 Å². The van der Waals surface area contributed by atoms with E-state index in [4.69, 9.17) is 19.2 Å². The summed E-state index contributed by atoms with van der Waals surface area (Å²) in [6.07, 6.45) is 1.49. The maximum atomic E-state index is 10.6. The summed E-state index contributed by atoms with van der Waals surface area (Å²) in [5.41, 5.74) is 2.45. The lowest BCUT2D eigenvalue weighted by atomic mass is 10.1. The SMILES string of the molecule is Brc1ccc2cc(C3OCCO3)ccc2c1.O=Cc1ccc2cc(Br)ccc2c1.O=Cc1ccc2cc(O[B]O)ccc2c1. The fourth-order valence-electron chi connectivity index (χ4n) is 4.69. The first kappa shape index (κ1) is 31.6. The largest absolute Gasteiger partial charge is 0.569 e. The summed E-state index contributed by atoms with van der Waals surface area (Å²) in [4.78, 5) is 21.1. The molecule has 6 aromatic rings. The van der Waals surface area contributed by atoms with Crippen LogP contribution in [0.25, 0.3) is 32.3 Å². The number of halogens is 2. The Labute approximate surface area is 272 Å². The zero-order chi connectivity index (χ0) is 30.9. The van der Waals surface area contributed by atoms with Gasteiger partial charge >= 0.3 is 7.69 Å². The number of ether oxygens (including phenoxy) is 2. The third kappa shape index (κ3) is 8.19. The molecule has 0 saturated carbocycles. The van der Waals surface area contributed by atoms with E-state index in [1.807, 2.05) is 54.6 Å². The number of carbonyl (C=O) groups is 2. The molecule has 0 bridgehead atoms. The van der Waals surface area contributed by atoms with Crippen LogP contribution in [0.4, 0.5) is 0 Å². The zero-order valence-corrected chi connectivity index (χ0v) is 26.5. The van der Waals surface area contributed by atoms with Gasteiger partial charge in [0.05, 0.1) is 13.2 Å². The van der Waals surface area contributed by atoms with Crippen molar-refractivity contribution in [2.24, 2.45) is 0 Å². The van der Waals surface area contributed by atoms with Gasteiger partial charge in [-0.1, -0.05) is 86.5 Å². The molecule has 1 radical (unpaired) electrons. The quantitative estimate of drug-likeness (QED) is 0.142. The fraction of sp³-hybridized carbons (Fsp3) is 0.0857. The fourth-order valence-corrected chi connectivity index (χ4v) is 5.45. The van der Waals surface area contributed by atoms with Crippen LogP contribution in [0.3, 0.4) is 0 Å². The lowest BCUT2D eigenvalue weighted by molar-refractivity contribution is -0.0440. The molecule has 0 atom stereocenters. The first-order valence-corrected chi connectivity index (χ1v) is 15.2. The maximum Gasteiger partial charge on any atom is 0.569 e. The minimum absolute atomic E-state index is 0.187. The number of hydrogen-bond acceptors (Lipinski definition) is 6. The zero-order valence-electron chi connectivity index (χ0n) is 23.4. The predicted octanol–water partition coefficient (Wildman–Crippen LogP) is 8.62. The Bertz CT molecular complexity index is 1920. The number of hydrogen-bond donors (Lipinski definition) is 1. The van der Waals surface area contributed by atoms with E-state index in [-0.39, 0.29) is 6.29 Å². The molecular weight excluding hydrogens is 687 g/mol. The lowest BCUT2D eigenvalue weighted by Gasteiger charge is -2.10. The third-order valence-corrected chi connectivity index (χ3v) is 7.83. The monoisotopic (exact) mass is 711 g/mol. The molecule has 6 aromatic carbocycles. The number of fused-ring (bicyclic) bond motifs is 3. The number of benzene rings is 6. The van der Waals surface area contributed by atoms with Crippen LogP contribution in [-0.2, 0) is 9.47 Å². The van der Waals surface area contributed by atoms with Crippen molar-refractivity contribution in [1.82, 2.24) is 0 Å². The molecule has 9 heteroatoms. The molecule has 0 amide bonds. The van der Waals surface area contributed by atoms with E-state index in [9.17, 15) is 9.59 Å². The summed E-state index contributed by atoms with van der Waals surface area (Å²) in [7, 11) is 0.640. The summed E-state index contributed by atoms with van der Waals surface area (Å²) < 4.78 is 17.9. The molecule has 44 heavy (non-hydrogen) atoms. The van der Waals surface area contributed by atoms with Gasteiger partial charge in [-0.05, 0) is 86.9 Å². The van der Waals surface area contributed by atoms with E-state index in [2.05, 4.69) is 62.2 Å². The molecule has 1 aliphatic heterocycles. The van der Waals surface area contributed by atoms with E-state index < -0.39 is 0 Å². The van der Waals surface area contributed by atoms with Crippen LogP contribution in [0.1, 0.15) is 32.6 Å². The lowest BCUT2D eigenvalue weighted by Crippen LogP contribution is -1.99. The summed E-state index contributed by atoms with van der Waals surface area (Å²) in [6.45, 7) is 1.37. The smallest absolute Gasteiger partial charge is 0.537 e. The van der Waals surface area contributed by atoms with E-state index in [0.29, 0.717) is 32.2 Å². The van der Waals surface area contributed by atoms with Gasteiger partial charge in [0.1, 0.15) is 18.3 Å². The first-order valence-electron chi connectivity index (χ1n) is 13.6. The standard InChI is InChI=1S/C13H11BrO2.C11H8BO3.C11H7BrO/c14-12-4-3-9-7-11(2-1-10(9)8-12)13-15-5-6-16-13;13-7-8-1-2-10-6-11(15-12-14)4-3-9(10)5-8;12-11-4-3-9-5-8(7-13)1-2-10(9)6-11/h1-4,7-8,13H,5-6H2;1-7,14H;1-7H. The summed E-state index contributed by atoms with van der Waals surface area (Å²) in [6, 6.07) is 34.9. The maximum absolute atomic E-state index is 10.6. The minimum atomic E-state index is -0.187. The van der Waals surface area contributed by atoms with Crippen LogP contribution in [0, 0.1) is 0 Å². The van der Waals surface area contributed by atoms with Crippen LogP contribution in [0.5, 0.6) is 5.75 Å². The van der Waals surface area contributed by atoms with Crippen molar-refractivity contribution in [2.75, 3.05) is 13.2 Å². The second kappa shape index (κ2) is 15.2. The van der Waals surface area contributed by atoms with Crippen molar-refractivity contribution >= 4 is 84.4 Å². The van der Waals surface area contributed by atoms with Gasteiger partial charge < -0.3 is 19.2 Å². The van der Waals surface area contributed by atoms with E-state index in [1.165, 1.54) is 10.8 Å². The Morgan fingerprint density at radius 3 is 1.61 bits per heavy atom. The second-order valence-electron chi connectivity index (χ2n) is 9.80. The average Bonchev–Trinajstić information content (AvgIpc) is 3.60. The Morgan fingerprint density at radius 2 is 1.07 bits per heavy atom. The molecule has 0 unspecified atom stereocenters. The van der Waals surface area contributed by atoms with Gasteiger partial charge in [-0.25, -0.2) is 0 Å². The van der Waals surface area contributed by atoms with Crippen LogP contribution in [0.2, 0.25) is 0 Å². The van der Waals surface area contributed by atoms with Crippen LogP contribution in [-0.4, -0.2) is 38.5 Å². The summed E-state index contributed by atoms with van der Waals surface area (Å²) >= 11 is 6.87. The molecule has 0 aromatic heterocycles. The van der Waals surface area contributed by atoms with Crippen molar-refractivity contribution in [2.45, 2.75) is 6.29 Å². The van der Waals surface area contributed by atoms with Gasteiger partial charge in [0.2, 0.25) is 0 Å². The first-order chi connectivity index (χ1) is 21.4. The Hall–Kier alpha value is -3.86. The van der Waals surface area contributed by atoms with E-state index in [0.717, 1.165) is 54.2 Å². The van der Waals surface area contributed by atoms with Crippen molar-refractivity contribution in [3.8, 4) is 5.75 Å². The molecule has 7 rings (SSSR count). The summed E-state index contributed by atoms with van der Waals surface area (Å²) in [5, 5.41) is 15.1. The Kier molecular flexibility index (Phi) is 10.9. The molecule has 1 aliphatic rings. The van der Waals surface area contributed by atoms with Crippen molar-refractivity contribution < 1.29 is 28.7 Å². The average molecular weight is 713 g/mol. The van der Waals surface area contributed by atoms with Crippen molar-refractivity contribution in [3.05, 3.63) is 135 Å². The highest BCUT2D eigenvalue weighted by Crippen LogP contribution is 2.28. The van der Waals surface area contributed by atoms with E-state index >= 15 is 0 Å². The van der Waals surface area contributed by atoms with Crippen molar-refractivity contribution in [1.29, 1.82) is 0 Å². The molecule has 1 saturated heterocycles. The number of rotatable bonds is 5. The molecule has 1 N–H and O–H groups in total. The summed E-state index contributed by atoms with van der Waals surface area (Å²) in [5.74, 6) is 0.559. The predicted molar refractivity (Wildman–Crippen MR) is 181 cm³/mol. The third-order valence-electron chi connectivity index (χ3n) is 6.84. The molecule has 1 heterocycles. The van der Waals surface area contributed by atoms with Crippen molar-refractivity contribution in [3.63, 3.8) is 0 Å². The number of carbonyl (C=O) groups excluding carboxylic acids is 2. The van der Waals surface area contributed by atoms with Gasteiger partial charge in [0.25, 0.3) is 0 Å². The highest BCUT2D eigenvalue weighted by molar-refractivity contribution is 9.10. The topological polar surface area (TPSA) is 82.1 Å². The molecular formula is C35H26BBr2O6. The van der Waals surface area contributed by atoms with Crippen LogP contribution >= 0.6 is 31.9 Å². The molecule has 0 spiro atoms. The molecule has 219 valence electrons. The molecule has 1 fully saturated rings.